The van der Waals surface area contributed by atoms with Gasteiger partial charge in [-0.25, -0.2) is 4.68 Å². The normalized spacial score (nSPS) is 10.4. The molecule has 0 aliphatic carbocycles. The van der Waals surface area contributed by atoms with Crippen LogP contribution >= 0.6 is 11.6 Å². The smallest absolute Gasteiger partial charge is 0.287 e. The fraction of sp³-hybridized carbons (Fsp3) is 0.250. The molecule has 0 radical (unpaired) electrons. The summed E-state index contributed by atoms with van der Waals surface area (Å²) in [5.41, 5.74) is 1.07. The highest BCUT2D eigenvalue weighted by Gasteiger charge is 2.08. The van der Waals surface area contributed by atoms with Crippen LogP contribution in [0.4, 0.5) is 5.69 Å². The molecule has 100 valence electrons. The lowest BCUT2D eigenvalue weighted by molar-refractivity contribution is 0.266. The SMILES string of the molecule is O=c1c(Cl)c(NCc2ccncc2)cnn1CCO. The molecule has 0 saturated carbocycles. The first-order valence-electron chi connectivity index (χ1n) is 5.71. The molecular formula is C12H13ClN4O2. The predicted octanol–water partition coefficient (Wildman–Crippen LogP) is 0.896. The van der Waals surface area contributed by atoms with Gasteiger partial charge in [-0.2, -0.15) is 5.10 Å². The van der Waals surface area contributed by atoms with Crippen molar-refractivity contribution in [3.05, 3.63) is 51.7 Å². The van der Waals surface area contributed by atoms with E-state index in [1.807, 2.05) is 12.1 Å². The van der Waals surface area contributed by atoms with Crippen molar-refractivity contribution >= 4 is 17.3 Å². The number of pyridine rings is 1. The van der Waals surface area contributed by atoms with E-state index in [1.165, 1.54) is 6.20 Å². The fourth-order valence-electron chi connectivity index (χ4n) is 1.54. The lowest BCUT2D eigenvalue weighted by Gasteiger charge is -2.09. The van der Waals surface area contributed by atoms with E-state index in [9.17, 15) is 4.79 Å². The summed E-state index contributed by atoms with van der Waals surface area (Å²) in [5, 5.41) is 15.8. The topological polar surface area (TPSA) is 80.0 Å². The van der Waals surface area contributed by atoms with Crippen LogP contribution in [0.5, 0.6) is 0 Å². The first-order valence-corrected chi connectivity index (χ1v) is 6.09. The molecule has 0 spiro atoms. The number of rotatable bonds is 5. The summed E-state index contributed by atoms with van der Waals surface area (Å²) >= 11 is 5.97. The minimum absolute atomic E-state index is 0.0671. The number of aromatic nitrogens is 3. The highest BCUT2D eigenvalue weighted by atomic mass is 35.5. The zero-order valence-corrected chi connectivity index (χ0v) is 10.8. The molecule has 0 bridgehead atoms. The predicted molar refractivity (Wildman–Crippen MR) is 72.2 cm³/mol. The summed E-state index contributed by atoms with van der Waals surface area (Å²) in [6.45, 7) is 0.490. The van der Waals surface area contributed by atoms with Gasteiger partial charge in [0, 0.05) is 18.9 Å². The van der Waals surface area contributed by atoms with E-state index < -0.39 is 5.56 Å². The number of hydrogen-bond donors (Lipinski definition) is 2. The molecule has 2 heterocycles. The van der Waals surface area contributed by atoms with Crippen LogP contribution in [0.1, 0.15) is 5.56 Å². The number of halogens is 1. The number of aliphatic hydroxyl groups is 1. The van der Waals surface area contributed by atoms with E-state index >= 15 is 0 Å². The third-order valence-corrected chi connectivity index (χ3v) is 2.89. The van der Waals surface area contributed by atoms with Crippen molar-refractivity contribution in [1.29, 1.82) is 0 Å². The van der Waals surface area contributed by atoms with Crippen LogP contribution < -0.4 is 10.9 Å². The number of hydrogen-bond acceptors (Lipinski definition) is 5. The van der Waals surface area contributed by atoms with Gasteiger partial charge in [0.15, 0.2) is 0 Å². The van der Waals surface area contributed by atoms with Crippen LogP contribution in [0.15, 0.2) is 35.5 Å². The number of nitrogens with one attached hydrogen (secondary N) is 1. The molecule has 0 aliphatic rings. The van der Waals surface area contributed by atoms with Crippen LogP contribution in [0, 0.1) is 0 Å². The molecule has 0 unspecified atom stereocenters. The first kappa shape index (κ1) is 13.5. The average Bonchev–Trinajstić information content (AvgIpc) is 2.44. The second kappa shape index (κ2) is 6.31. The molecule has 2 rings (SSSR count). The van der Waals surface area contributed by atoms with Crippen molar-refractivity contribution in [3.63, 3.8) is 0 Å². The second-order valence-electron chi connectivity index (χ2n) is 3.83. The summed E-state index contributed by atoms with van der Waals surface area (Å²) < 4.78 is 1.12. The Balaban J connectivity index is 2.13. The number of nitrogens with zero attached hydrogens (tertiary/aromatic N) is 3. The molecule has 0 aliphatic heterocycles. The van der Waals surface area contributed by atoms with Crippen LogP contribution in [0.25, 0.3) is 0 Å². The van der Waals surface area contributed by atoms with Gasteiger partial charge in [-0.3, -0.25) is 9.78 Å². The molecule has 0 saturated heterocycles. The molecule has 19 heavy (non-hydrogen) atoms. The van der Waals surface area contributed by atoms with Crippen LogP contribution in [0.2, 0.25) is 5.02 Å². The van der Waals surface area contributed by atoms with E-state index in [0.29, 0.717) is 12.2 Å². The van der Waals surface area contributed by atoms with Crippen molar-refractivity contribution in [1.82, 2.24) is 14.8 Å². The highest BCUT2D eigenvalue weighted by Crippen LogP contribution is 2.16. The molecular weight excluding hydrogens is 268 g/mol. The largest absolute Gasteiger partial charge is 0.394 e. The molecule has 2 aromatic rings. The Morgan fingerprint density at radius 3 is 2.79 bits per heavy atom. The van der Waals surface area contributed by atoms with Crippen molar-refractivity contribution < 1.29 is 5.11 Å². The Hall–Kier alpha value is -1.92. The molecule has 0 atom stereocenters. The van der Waals surface area contributed by atoms with Gasteiger partial charge in [0.05, 0.1) is 25.0 Å². The van der Waals surface area contributed by atoms with Crippen LogP contribution in [-0.2, 0) is 13.1 Å². The maximum absolute atomic E-state index is 11.8. The highest BCUT2D eigenvalue weighted by molar-refractivity contribution is 6.32. The van der Waals surface area contributed by atoms with Gasteiger partial charge in [-0.15, -0.1) is 0 Å². The van der Waals surface area contributed by atoms with E-state index in [2.05, 4.69) is 15.4 Å². The zero-order valence-electron chi connectivity index (χ0n) is 10.1. The summed E-state index contributed by atoms with van der Waals surface area (Å²) in [4.78, 5) is 15.7. The van der Waals surface area contributed by atoms with Crippen molar-refractivity contribution in [2.45, 2.75) is 13.1 Å². The van der Waals surface area contributed by atoms with Gasteiger partial charge in [0.25, 0.3) is 5.56 Å². The molecule has 7 heteroatoms. The molecule has 2 N–H and O–H groups in total. The van der Waals surface area contributed by atoms with E-state index in [-0.39, 0.29) is 18.2 Å². The van der Waals surface area contributed by atoms with Gasteiger partial charge >= 0.3 is 0 Å². The van der Waals surface area contributed by atoms with Gasteiger partial charge in [0.1, 0.15) is 5.02 Å². The van der Waals surface area contributed by atoms with E-state index in [4.69, 9.17) is 16.7 Å². The average molecular weight is 281 g/mol. The Bertz CT molecular complexity index is 600. The lowest BCUT2D eigenvalue weighted by atomic mass is 10.2. The maximum atomic E-state index is 11.8. The van der Waals surface area contributed by atoms with Gasteiger partial charge in [-0.05, 0) is 17.7 Å². The second-order valence-corrected chi connectivity index (χ2v) is 4.21. The lowest BCUT2D eigenvalue weighted by Crippen LogP contribution is -2.25. The van der Waals surface area contributed by atoms with E-state index in [1.54, 1.807) is 12.4 Å². The Kier molecular flexibility index (Phi) is 4.48. The van der Waals surface area contributed by atoms with Gasteiger partial charge in [-0.1, -0.05) is 11.6 Å². The monoisotopic (exact) mass is 280 g/mol. The van der Waals surface area contributed by atoms with Crippen molar-refractivity contribution in [3.8, 4) is 0 Å². The third-order valence-electron chi connectivity index (χ3n) is 2.53. The minimum Gasteiger partial charge on any atom is -0.394 e. The molecule has 0 fully saturated rings. The van der Waals surface area contributed by atoms with Gasteiger partial charge < -0.3 is 10.4 Å². The Morgan fingerprint density at radius 2 is 2.11 bits per heavy atom. The summed E-state index contributed by atoms with van der Waals surface area (Å²) in [7, 11) is 0. The quantitative estimate of drug-likeness (QED) is 0.850. The first-order chi connectivity index (χ1) is 9.22. The fourth-order valence-corrected chi connectivity index (χ4v) is 1.75. The van der Waals surface area contributed by atoms with Crippen LogP contribution in [0.3, 0.4) is 0 Å². The van der Waals surface area contributed by atoms with Crippen molar-refractivity contribution in [2.24, 2.45) is 0 Å². The van der Waals surface area contributed by atoms with E-state index in [0.717, 1.165) is 10.2 Å². The Morgan fingerprint density at radius 1 is 1.37 bits per heavy atom. The molecule has 0 amide bonds. The molecule has 0 aromatic carbocycles. The summed E-state index contributed by atoms with van der Waals surface area (Å²) in [5.74, 6) is 0. The molecule has 6 nitrogen and oxygen atoms in total. The maximum Gasteiger partial charge on any atom is 0.287 e. The Labute approximate surface area is 114 Å². The standard InChI is InChI=1S/C12H13ClN4O2/c13-11-10(8-16-17(5-6-18)12(11)19)15-7-9-1-3-14-4-2-9/h1-4,8,15,18H,5-7H2. The van der Waals surface area contributed by atoms with Crippen molar-refractivity contribution in [2.75, 3.05) is 11.9 Å². The minimum atomic E-state index is -0.421. The number of aliphatic hydroxyl groups excluding tert-OH is 1. The third kappa shape index (κ3) is 3.30. The van der Waals surface area contributed by atoms with Gasteiger partial charge in [0.2, 0.25) is 0 Å². The van der Waals surface area contributed by atoms with Crippen LogP contribution in [-0.4, -0.2) is 26.5 Å². The number of anilines is 1. The summed E-state index contributed by atoms with van der Waals surface area (Å²) in [6.07, 6.45) is 4.85. The summed E-state index contributed by atoms with van der Waals surface area (Å²) in [6, 6.07) is 3.72. The molecule has 2 aromatic heterocycles. The zero-order chi connectivity index (χ0) is 13.7.